The van der Waals surface area contributed by atoms with E-state index in [0.29, 0.717) is 12.4 Å². The zero-order valence-corrected chi connectivity index (χ0v) is 12.9. The van der Waals surface area contributed by atoms with Crippen molar-refractivity contribution in [3.63, 3.8) is 0 Å². The summed E-state index contributed by atoms with van der Waals surface area (Å²) in [5.41, 5.74) is 1.98. The molecule has 0 unspecified atom stereocenters. The lowest BCUT2D eigenvalue weighted by Gasteiger charge is -2.10. The molecule has 3 aromatic rings. The average molecular weight is 328 g/mol. The lowest BCUT2D eigenvalue weighted by Crippen LogP contribution is -2.07. The standard InChI is InChI=1S/C17H14F2N4O/c1-24-16-13(9-15(18)19)10-21-17(22-16)23-7-5-12-3-2-11(4-6-20)8-14(12)23/h2-3,5,7-8,10,15H,4,9H2,1H3. The molecule has 0 saturated heterocycles. The number of ether oxygens (including phenoxy) is 1. The smallest absolute Gasteiger partial charge is 0.242 e. The quantitative estimate of drug-likeness (QED) is 0.721. The maximum absolute atomic E-state index is 12.6. The Bertz CT molecular complexity index is 915. The van der Waals surface area contributed by atoms with Gasteiger partial charge in [-0.15, -0.1) is 0 Å². The second kappa shape index (κ2) is 6.62. The van der Waals surface area contributed by atoms with E-state index in [1.807, 2.05) is 24.3 Å². The van der Waals surface area contributed by atoms with Crippen molar-refractivity contribution in [2.45, 2.75) is 19.3 Å². The molecule has 0 N–H and O–H groups in total. The summed E-state index contributed by atoms with van der Waals surface area (Å²) in [6.45, 7) is 0. The van der Waals surface area contributed by atoms with E-state index in [1.165, 1.54) is 13.3 Å². The third-order valence-electron chi connectivity index (χ3n) is 3.64. The Labute approximate surface area is 137 Å². The normalized spacial score (nSPS) is 11.0. The van der Waals surface area contributed by atoms with E-state index < -0.39 is 12.8 Å². The van der Waals surface area contributed by atoms with E-state index in [-0.39, 0.29) is 11.4 Å². The van der Waals surface area contributed by atoms with Crippen LogP contribution in [-0.2, 0) is 12.8 Å². The van der Waals surface area contributed by atoms with Crippen LogP contribution in [0.4, 0.5) is 8.78 Å². The summed E-state index contributed by atoms with van der Waals surface area (Å²) in [6, 6.07) is 9.71. The van der Waals surface area contributed by atoms with Crippen molar-refractivity contribution in [2.24, 2.45) is 0 Å². The van der Waals surface area contributed by atoms with Gasteiger partial charge in [0.1, 0.15) is 0 Å². The van der Waals surface area contributed by atoms with E-state index >= 15 is 0 Å². The van der Waals surface area contributed by atoms with Gasteiger partial charge in [-0.3, -0.25) is 4.57 Å². The van der Waals surface area contributed by atoms with Crippen LogP contribution in [0, 0.1) is 11.3 Å². The van der Waals surface area contributed by atoms with E-state index in [0.717, 1.165) is 16.5 Å². The first-order valence-corrected chi connectivity index (χ1v) is 7.27. The Kier molecular flexibility index (Phi) is 4.38. The summed E-state index contributed by atoms with van der Waals surface area (Å²) in [5, 5.41) is 9.81. The number of methoxy groups -OCH3 is 1. The van der Waals surface area contributed by atoms with Gasteiger partial charge in [0.05, 0.1) is 25.1 Å². The minimum absolute atomic E-state index is 0.135. The molecule has 0 aliphatic heterocycles. The Morgan fingerprint density at radius 1 is 1.33 bits per heavy atom. The Morgan fingerprint density at radius 2 is 2.17 bits per heavy atom. The summed E-state index contributed by atoms with van der Waals surface area (Å²) < 4.78 is 32.0. The molecule has 2 aromatic heterocycles. The van der Waals surface area contributed by atoms with Crippen LogP contribution < -0.4 is 4.74 Å². The number of hydrogen-bond acceptors (Lipinski definition) is 4. The van der Waals surface area contributed by atoms with Crippen molar-refractivity contribution in [2.75, 3.05) is 7.11 Å². The van der Waals surface area contributed by atoms with E-state index in [4.69, 9.17) is 10.00 Å². The van der Waals surface area contributed by atoms with Gasteiger partial charge in [0.25, 0.3) is 0 Å². The summed E-state index contributed by atoms with van der Waals surface area (Å²) in [6.07, 6.45) is 0.510. The molecule has 0 aliphatic rings. The largest absolute Gasteiger partial charge is 0.481 e. The van der Waals surface area contributed by atoms with Gasteiger partial charge in [0, 0.05) is 29.8 Å². The van der Waals surface area contributed by atoms with Gasteiger partial charge in [-0.05, 0) is 17.7 Å². The van der Waals surface area contributed by atoms with Gasteiger partial charge in [-0.1, -0.05) is 12.1 Å². The predicted molar refractivity (Wildman–Crippen MR) is 84.4 cm³/mol. The lowest BCUT2D eigenvalue weighted by molar-refractivity contribution is 0.147. The van der Waals surface area contributed by atoms with Gasteiger partial charge in [-0.2, -0.15) is 10.2 Å². The van der Waals surface area contributed by atoms with Crippen LogP contribution in [0.2, 0.25) is 0 Å². The number of nitrogens with zero attached hydrogens (tertiary/aromatic N) is 4. The van der Waals surface area contributed by atoms with E-state index in [9.17, 15) is 8.78 Å². The molecule has 0 spiro atoms. The first-order valence-electron chi connectivity index (χ1n) is 7.27. The molecule has 0 aliphatic carbocycles. The van der Waals surface area contributed by atoms with Crippen LogP contribution in [0.5, 0.6) is 5.88 Å². The van der Waals surface area contributed by atoms with E-state index in [1.54, 1.807) is 10.8 Å². The average Bonchev–Trinajstić information content (AvgIpc) is 2.98. The number of nitriles is 1. The molecule has 7 heteroatoms. The monoisotopic (exact) mass is 328 g/mol. The highest BCUT2D eigenvalue weighted by Gasteiger charge is 2.14. The van der Waals surface area contributed by atoms with Gasteiger partial charge in [-0.25, -0.2) is 13.8 Å². The summed E-state index contributed by atoms with van der Waals surface area (Å²) >= 11 is 0. The summed E-state index contributed by atoms with van der Waals surface area (Å²) in [7, 11) is 1.39. The number of alkyl halides is 2. The molecule has 2 heterocycles. The molecule has 24 heavy (non-hydrogen) atoms. The predicted octanol–water partition coefficient (Wildman–Crippen LogP) is 3.30. The highest BCUT2D eigenvalue weighted by molar-refractivity contribution is 5.82. The van der Waals surface area contributed by atoms with Gasteiger partial charge >= 0.3 is 0 Å². The number of halogens is 2. The molecular weight excluding hydrogens is 314 g/mol. The SMILES string of the molecule is COc1nc(-n2ccc3ccc(CC#N)cc32)ncc1CC(F)F. The second-order valence-electron chi connectivity index (χ2n) is 5.21. The summed E-state index contributed by atoms with van der Waals surface area (Å²) in [4.78, 5) is 8.43. The minimum atomic E-state index is -2.49. The molecule has 1 aromatic carbocycles. The second-order valence-corrected chi connectivity index (χ2v) is 5.21. The van der Waals surface area contributed by atoms with Crippen LogP contribution >= 0.6 is 0 Å². The zero-order valence-electron chi connectivity index (χ0n) is 12.9. The number of hydrogen-bond donors (Lipinski definition) is 0. The van der Waals surface area contributed by atoms with Crippen LogP contribution in [0.3, 0.4) is 0 Å². The van der Waals surface area contributed by atoms with Crippen molar-refractivity contribution in [3.05, 3.63) is 47.8 Å². The third-order valence-corrected chi connectivity index (χ3v) is 3.64. The summed E-state index contributed by atoms with van der Waals surface area (Å²) in [5.74, 6) is 0.462. The van der Waals surface area contributed by atoms with Crippen molar-refractivity contribution < 1.29 is 13.5 Å². The highest BCUT2D eigenvalue weighted by atomic mass is 19.3. The van der Waals surface area contributed by atoms with Crippen LogP contribution in [-0.4, -0.2) is 28.1 Å². The van der Waals surface area contributed by atoms with Crippen molar-refractivity contribution in [1.29, 1.82) is 5.26 Å². The number of benzene rings is 1. The number of rotatable bonds is 5. The van der Waals surface area contributed by atoms with Crippen molar-refractivity contribution >= 4 is 10.9 Å². The van der Waals surface area contributed by atoms with Crippen LogP contribution in [0.25, 0.3) is 16.9 Å². The highest BCUT2D eigenvalue weighted by Crippen LogP contribution is 2.23. The molecule has 5 nitrogen and oxygen atoms in total. The maximum Gasteiger partial charge on any atom is 0.242 e. The number of fused-ring (bicyclic) bond motifs is 1. The molecular formula is C17H14F2N4O. The molecule has 0 saturated carbocycles. The number of aromatic nitrogens is 3. The van der Waals surface area contributed by atoms with Crippen LogP contribution in [0.1, 0.15) is 11.1 Å². The molecule has 0 radical (unpaired) electrons. The Hall–Kier alpha value is -3.01. The molecule has 0 fully saturated rings. The molecule has 0 bridgehead atoms. The Balaban J connectivity index is 2.07. The fourth-order valence-electron chi connectivity index (χ4n) is 2.53. The van der Waals surface area contributed by atoms with Gasteiger partial charge in [0.15, 0.2) is 0 Å². The maximum atomic E-state index is 12.6. The topological polar surface area (TPSA) is 63.7 Å². The molecule has 0 atom stereocenters. The fraction of sp³-hybridized carbons (Fsp3) is 0.235. The van der Waals surface area contributed by atoms with Crippen molar-refractivity contribution in [1.82, 2.24) is 14.5 Å². The fourth-order valence-corrected chi connectivity index (χ4v) is 2.53. The van der Waals surface area contributed by atoms with Gasteiger partial charge < -0.3 is 4.74 Å². The zero-order chi connectivity index (χ0) is 17.1. The van der Waals surface area contributed by atoms with Gasteiger partial charge in [0.2, 0.25) is 18.3 Å². The molecule has 0 amide bonds. The molecule has 3 rings (SSSR count). The first kappa shape index (κ1) is 15.9. The Morgan fingerprint density at radius 3 is 2.88 bits per heavy atom. The minimum Gasteiger partial charge on any atom is -0.481 e. The van der Waals surface area contributed by atoms with Crippen LogP contribution in [0.15, 0.2) is 36.7 Å². The van der Waals surface area contributed by atoms with E-state index in [2.05, 4.69) is 16.0 Å². The van der Waals surface area contributed by atoms with Crippen molar-refractivity contribution in [3.8, 4) is 17.9 Å². The molecule has 122 valence electrons. The third kappa shape index (κ3) is 3.04. The lowest BCUT2D eigenvalue weighted by atomic mass is 10.1. The first-order chi connectivity index (χ1) is 11.6.